The number of rotatable bonds is 5. The highest BCUT2D eigenvalue weighted by atomic mass is 16.1. The minimum Gasteiger partial charge on any atom is -0.345 e. The van der Waals surface area contributed by atoms with Crippen molar-refractivity contribution >= 4 is 16.9 Å². The van der Waals surface area contributed by atoms with Crippen LogP contribution in [0.15, 0.2) is 49.6 Å². The van der Waals surface area contributed by atoms with Crippen LogP contribution in [0.3, 0.4) is 0 Å². The zero-order valence-corrected chi connectivity index (χ0v) is 10.1. The van der Waals surface area contributed by atoms with E-state index in [-0.39, 0.29) is 5.91 Å². The number of hydrogen-bond donors (Lipinski definition) is 1. The molecule has 1 amide bonds. The van der Waals surface area contributed by atoms with Gasteiger partial charge in [0.25, 0.3) is 0 Å². The van der Waals surface area contributed by atoms with Gasteiger partial charge >= 0.3 is 0 Å². The van der Waals surface area contributed by atoms with E-state index >= 15 is 0 Å². The fourth-order valence-electron chi connectivity index (χ4n) is 1.83. The number of para-hydroxylation sites is 2. The predicted molar refractivity (Wildman–Crippen MR) is 72.0 cm³/mol. The van der Waals surface area contributed by atoms with Gasteiger partial charge in [0.1, 0.15) is 5.82 Å². The van der Waals surface area contributed by atoms with Crippen LogP contribution in [0.25, 0.3) is 11.0 Å². The Labute approximate surface area is 106 Å². The van der Waals surface area contributed by atoms with E-state index in [1.807, 2.05) is 34.9 Å². The fraction of sp³-hybridized carbons (Fsp3) is 0.143. The third-order valence-electron chi connectivity index (χ3n) is 2.65. The van der Waals surface area contributed by atoms with Gasteiger partial charge in [0.15, 0.2) is 0 Å². The number of amides is 1. The molecule has 0 atom stereocenters. The number of fused-ring (bicyclic) bond motifs is 1. The zero-order valence-electron chi connectivity index (χ0n) is 10.1. The summed E-state index contributed by atoms with van der Waals surface area (Å²) < 4.78 is 2.03. The molecule has 4 nitrogen and oxygen atoms in total. The van der Waals surface area contributed by atoms with Crippen LogP contribution in [0.2, 0.25) is 0 Å². The van der Waals surface area contributed by atoms with Gasteiger partial charge in [0.05, 0.1) is 17.6 Å². The number of carbonyl (C=O) groups excluding carboxylic acids is 1. The van der Waals surface area contributed by atoms with Crippen molar-refractivity contribution in [2.24, 2.45) is 0 Å². The number of imidazole rings is 1. The largest absolute Gasteiger partial charge is 0.345 e. The van der Waals surface area contributed by atoms with Gasteiger partial charge in [-0.05, 0) is 18.2 Å². The molecule has 0 spiro atoms. The molecule has 1 N–H and O–H groups in total. The first-order valence-corrected chi connectivity index (χ1v) is 5.71. The molecule has 2 aromatic rings. The highest BCUT2D eigenvalue weighted by molar-refractivity contribution is 5.86. The predicted octanol–water partition coefficient (Wildman–Crippen LogP) is 2.02. The monoisotopic (exact) mass is 241 g/mol. The van der Waals surface area contributed by atoms with Crippen molar-refractivity contribution in [2.75, 3.05) is 0 Å². The SMILES string of the molecule is C=CCn1c(CNC(=O)C=C)nc2ccccc21. The Morgan fingerprint density at radius 3 is 2.89 bits per heavy atom. The lowest BCUT2D eigenvalue weighted by molar-refractivity contribution is -0.116. The summed E-state index contributed by atoms with van der Waals surface area (Å²) >= 11 is 0. The standard InChI is InChI=1S/C14H15N3O/c1-3-9-17-12-8-6-5-7-11(12)16-13(17)10-15-14(18)4-2/h3-8H,1-2,9-10H2,(H,15,18). The molecule has 4 heteroatoms. The van der Waals surface area contributed by atoms with Gasteiger partial charge in [-0.3, -0.25) is 4.79 Å². The summed E-state index contributed by atoms with van der Waals surface area (Å²) in [6, 6.07) is 7.87. The molecule has 0 bridgehead atoms. The molecular formula is C14H15N3O. The Kier molecular flexibility index (Phi) is 3.57. The lowest BCUT2D eigenvalue weighted by Gasteiger charge is -2.06. The van der Waals surface area contributed by atoms with Gasteiger partial charge in [-0.2, -0.15) is 0 Å². The number of carbonyl (C=O) groups is 1. The van der Waals surface area contributed by atoms with Crippen LogP contribution in [-0.4, -0.2) is 15.5 Å². The molecule has 2 rings (SSSR count). The van der Waals surface area contributed by atoms with Crippen molar-refractivity contribution in [1.29, 1.82) is 0 Å². The molecule has 0 fully saturated rings. The molecule has 1 heterocycles. The van der Waals surface area contributed by atoms with E-state index in [0.717, 1.165) is 16.9 Å². The Morgan fingerprint density at radius 1 is 1.39 bits per heavy atom. The van der Waals surface area contributed by atoms with Gasteiger partial charge in [0, 0.05) is 6.54 Å². The minimum absolute atomic E-state index is 0.202. The van der Waals surface area contributed by atoms with E-state index in [0.29, 0.717) is 13.1 Å². The summed E-state index contributed by atoms with van der Waals surface area (Å²) in [6.07, 6.45) is 3.06. The van der Waals surface area contributed by atoms with Crippen molar-refractivity contribution in [2.45, 2.75) is 13.1 Å². The summed E-state index contributed by atoms with van der Waals surface area (Å²) in [7, 11) is 0. The van der Waals surface area contributed by atoms with E-state index < -0.39 is 0 Å². The summed E-state index contributed by atoms with van der Waals surface area (Å²) in [5.41, 5.74) is 1.96. The van der Waals surface area contributed by atoms with Crippen molar-refractivity contribution in [1.82, 2.24) is 14.9 Å². The molecule has 18 heavy (non-hydrogen) atoms. The Hall–Kier alpha value is -2.36. The first kappa shape index (κ1) is 12.1. The van der Waals surface area contributed by atoms with Crippen LogP contribution in [0.5, 0.6) is 0 Å². The summed E-state index contributed by atoms with van der Waals surface area (Å²) in [5.74, 6) is 0.610. The molecule has 0 saturated carbocycles. The van der Waals surface area contributed by atoms with E-state index in [9.17, 15) is 4.79 Å². The first-order chi connectivity index (χ1) is 8.76. The van der Waals surface area contributed by atoms with Crippen LogP contribution in [0.1, 0.15) is 5.82 Å². The molecule has 0 radical (unpaired) electrons. The third kappa shape index (κ3) is 2.32. The average Bonchev–Trinajstić information content (AvgIpc) is 2.75. The maximum atomic E-state index is 11.2. The highest BCUT2D eigenvalue weighted by Crippen LogP contribution is 2.15. The number of aromatic nitrogens is 2. The smallest absolute Gasteiger partial charge is 0.243 e. The molecule has 0 aliphatic heterocycles. The van der Waals surface area contributed by atoms with E-state index in [2.05, 4.69) is 23.5 Å². The topological polar surface area (TPSA) is 46.9 Å². The van der Waals surface area contributed by atoms with E-state index in [4.69, 9.17) is 0 Å². The number of benzene rings is 1. The molecule has 0 unspecified atom stereocenters. The molecule has 1 aromatic heterocycles. The minimum atomic E-state index is -0.202. The summed E-state index contributed by atoms with van der Waals surface area (Å²) in [4.78, 5) is 15.7. The van der Waals surface area contributed by atoms with Crippen molar-refractivity contribution in [3.63, 3.8) is 0 Å². The second kappa shape index (κ2) is 5.31. The molecule has 92 valence electrons. The maximum absolute atomic E-state index is 11.2. The Balaban J connectivity index is 2.35. The highest BCUT2D eigenvalue weighted by Gasteiger charge is 2.09. The van der Waals surface area contributed by atoms with Crippen LogP contribution in [-0.2, 0) is 17.9 Å². The quantitative estimate of drug-likeness (QED) is 0.643. The van der Waals surface area contributed by atoms with Gasteiger partial charge in [-0.1, -0.05) is 24.8 Å². The molecular weight excluding hydrogens is 226 g/mol. The van der Waals surface area contributed by atoms with Crippen LogP contribution in [0, 0.1) is 0 Å². The van der Waals surface area contributed by atoms with Crippen molar-refractivity contribution in [3.05, 3.63) is 55.4 Å². The van der Waals surface area contributed by atoms with Gasteiger partial charge in [0.2, 0.25) is 5.91 Å². The molecule has 1 aromatic carbocycles. The van der Waals surface area contributed by atoms with Crippen LogP contribution in [0.4, 0.5) is 0 Å². The second-order valence-electron chi connectivity index (χ2n) is 3.84. The lowest BCUT2D eigenvalue weighted by atomic mass is 10.3. The zero-order chi connectivity index (χ0) is 13.0. The summed E-state index contributed by atoms with van der Waals surface area (Å²) in [6.45, 7) is 8.21. The number of allylic oxidation sites excluding steroid dienone is 1. The third-order valence-corrected chi connectivity index (χ3v) is 2.65. The van der Waals surface area contributed by atoms with Crippen molar-refractivity contribution < 1.29 is 4.79 Å². The van der Waals surface area contributed by atoms with Gasteiger partial charge < -0.3 is 9.88 Å². The van der Waals surface area contributed by atoms with Crippen LogP contribution >= 0.6 is 0 Å². The van der Waals surface area contributed by atoms with E-state index in [1.165, 1.54) is 6.08 Å². The van der Waals surface area contributed by atoms with Gasteiger partial charge in [-0.25, -0.2) is 4.98 Å². The average molecular weight is 241 g/mol. The van der Waals surface area contributed by atoms with E-state index in [1.54, 1.807) is 0 Å². The number of hydrogen-bond acceptors (Lipinski definition) is 2. The molecule has 0 aliphatic rings. The Morgan fingerprint density at radius 2 is 2.17 bits per heavy atom. The first-order valence-electron chi connectivity index (χ1n) is 5.71. The maximum Gasteiger partial charge on any atom is 0.243 e. The lowest BCUT2D eigenvalue weighted by Crippen LogP contribution is -2.22. The number of nitrogens with one attached hydrogen (secondary N) is 1. The summed E-state index contributed by atoms with van der Waals surface area (Å²) in [5, 5.41) is 2.73. The normalized spacial score (nSPS) is 10.2. The fourth-order valence-corrected chi connectivity index (χ4v) is 1.83. The molecule has 0 saturated heterocycles. The van der Waals surface area contributed by atoms with Gasteiger partial charge in [-0.15, -0.1) is 6.58 Å². The van der Waals surface area contributed by atoms with Crippen molar-refractivity contribution in [3.8, 4) is 0 Å². The molecule has 0 aliphatic carbocycles. The van der Waals surface area contributed by atoms with Crippen LogP contribution < -0.4 is 5.32 Å². The number of nitrogens with zero attached hydrogens (tertiary/aromatic N) is 2. The Bertz CT molecular complexity index is 598. The second-order valence-corrected chi connectivity index (χ2v) is 3.84.